The molecule has 2 aromatic rings. The summed E-state index contributed by atoms with van der Waals surface area (Å²) in [6.45, 7) is 2.01. The lowest BCUT2D eigenvalue weighted by molar-refractivity contribution is 0.561. The van der Waals surface area contributed by atoms with E-state index in [1.807, 2.05) is 43.9 Å². The molecule has 0 amide bonds. The summed E-state index contributed by atoms with van der Waals surface area (Å²) in [6.07, 6.45) is 0.873. The molecule has 1 heterocycles. The van der Waals surface area contributed by atoms with Crippen molar-refractivity contribution in [2.75, 3.05) is 7.05 Å². The maximum absolute atomic E-state index is 6.25. The van der Waals surface area contributed by atoms with Crippen LogP contribution in [-0.4, -0.2) is 16.8 Å². The lowest BCUT2D eigenvalue weighted by Crippen LogP contribution is -2.20. The summed E-state index contributed by atoms with van der Waals surface area (Å²) in [7, 11) is 3.93. The molecule has 0 saturated heterocycles. The molecular formula is C14H18ClN3. The van der Waals surface area contributed by atoms with Crippen molar-refractivity contribution in [3.05, 3.63) is 52.3 Å². The average Bonchev–Trinajstić information content (AvgIpc) is 2.66. The molecule has 18 heavy (non-hydrogen) atoms. The minimum absolute atomic E-state index is 0.202. The highest BCUT2D eigenvalue weighted by molar-refractivity contribution is 6.31. The van der Waals surface area contributed by atoms with Crippen molar-refractivity contribution in [2.45, 2.75) is 19.4 Å². The Labute approximate surface area is 113 Å². The SMILES string of the molecule is CNC(Cc1cc(C)nn1C)c1ccccc1Cl. The fourth-order valence-electron chi connectivity index (χ4n) is 2.19. The van der Waals surface area contributed by atoms with E-state index >= 15 is 0 Å². The van der Waals surface area contributed by atoms with Crippen molar-refractivity contribution < 1.29 is 0 Å². The van der Waals surface area contributed by atoms with Gasteiger partial charge in [-0.2, -0.15) is 5.10 Å². The van der Waals surface area contributed by atoms with Crippen molar-refractivity contribution in [3.63, 3.8) is 0 Å². The van der Waals surface area contributed by atoms with Gasteiger partial charge in [0.05, 0.1) is 5.69 Å². The second-order valence-corrected chi connectivity index (χ2v) is 4.87. The van der Waals surface area contributed by atoms with E-state index in [2.05, 4.69) is 22.5 Å². The highest BCUT2D eigenvalue weighted by atomic mass is 35.5. The van der Waals surface area contributed by atoms with Crippen LogP contribution in [0.2, 0.25) is 5.02 Å². The van der Waals surface area contributed by atoms with Crippen LogP contribution in [0.3, 0.4) is 0 Å². The quantitative estimate of drug-likeness (QED) is 0.919. The first kappa shape index (κ1) is 13.1. The largest absolute Gasteiger partial charge is 0.313 e. The van der Waals surface area contributed by atoms with Gasteiger partial charge in [0.25, 0.3) is 0 Å². The predicted molar refractivity (Wildman–Crippen MR) is 74.9 cm³/mol. The van der Waals surface area contributed by atoms with E-state index in [4.69, 9.17) is 11.6 Å². The van der Waals surface area contributed by atoms with E-state index in [0.717, 1.165) is 22.7 Å². The number of benzene rings is 1. The second kappa shape index (κ2) is 5.55. The predicted octanol–water partition coefficient (Wildman–Crippen LogP) is 2.89. The molecule has 1 atom stereocenters. The van der Waals surface area contributed by atoms with Gasteiger partial charge in [-0.25, -0.2) is 0 Å². The third-order valence-corrected chi connectivity index (χ3v) is 3.49. The summed E-state index contributed by atoms with van der Waals surface area (Å²) in [5.74, 6) is 0. The number of halogens is 1. The van der Waals surface area contributed by atoms with Gasteiger partial charge < -0.3 is 5.32 Å². The smallest absolute Gasteiger partial charge is 0.0596 e. The Balaban J connectivity index is 2.25. The Bertz CT molecular complexity index is 534. The molecule has 1 N–H and O–H groups in total. The van der Waals surface area contributed by atoms with Gasteiger partial charge in [0.1, 0.15) is 0 Å². The maximum Gasteiger partial charge on any atom is 0.0596 e. The zero-order valence-electron chi connectivity index (χ0n) is 10.9. The number of aryl methyl sites for hydroxylation is 2. The Morgan fingerprint density at radius 2 is 2.11 bits per heavy atom. The lowest BCUT2D eigenvalue weighted by Gasteiger charge is -2.18. The van der Waals surface area contributed by atoms with E-state index in [-0.39, 0.29) is 6.04 Å². The van der Waals surface area contributed by atoms with Crippen LogP contribution in [0.5, 0.6) is 0 Å². The first-order valence-electron chi connectivity index (χ1n) is 6.03. The molecule has 2 rings (SSSR count). The van der Waals surface area contributed by atoms with Gasteiger partial charge in [0.2, 0.25) is 0 Å². The van der Waals surface area contributed by atoms with Gasteiger partial charge >= 0.3 is 0 Å². The van der Waals surface area contributed by atoms with Crippen molar-refractivity contribution in [1.82, 2.24) is 15.1 Å². The molecule has 0 aliphatic carbocycles. The normalized spacial score (nSPS) is 12.7. The number of aromatic nitrogens is 2. The fraction of sp³-hybridized carbons (Fsp3) is 0.357. The third kappa shape index (κ3) is 2.74. The van der Waals surface area contributed by atoms with Crippen LogP contribution < -0.4 is 5.32 Å². The second-order valence-electron chi connectivity index (χ2n) is 4.47. The first-order valence-corrected chi connectivity index (χ1v) is 6.41. The Morgan fingerprint density at radius 1 is 1.39 bits per heavy atom. The van der Waals surface area contributed by atoms with Crippen molar-refractivity contribution >= 4 is 11.6 Å². The summed E-state index contributed by atoms with van der Waals surface area (Å²) in [6, 6.07) is 10.3. The molecule has 0 fully saturated rings. The summed E-state index contributed by atoms with van der Waals surface area (Å²) in [5, 5.41) is 8.49. The van der Waals surface area contributed by atoms with Crippen LogP contribution in [-0.2, 0) is 13.5 Å². The number of likely N-dealkylation sites (N-methyl/N-ethyl adjacent to an activating group) is 1. The molecule has 0 spiro atoms. The molecule has 3 nitrogen and oxygen atoms in total. The van der Waals surface area contributed by atoms with Crippen LogP contribution >= 0.6 is 11.6 Å². The molecular weight excluding hydrogens is 246 g/mol. The van der Waals surface area contributed by atoms with Crippen LogP contribution in [0, 0.1) is 6.92 Å². The number of nitrogens with zero attached hydrogens (tertiary/aromatic N) is 2. The standard InChI is InChI=1S/C14H18ClN3/c1-10-8-11(18(3)17-10)9-14(16-2)12-6-4-5-7-13(12)15/h4-8,14,16H,9H2,1-3H3. The van der Waals surface area contributed by atoms with Gasteiger partial charge in [-0.15, -0.1) is 0 Å². The fourth-order valence-corrected chi connectivity index (χ4v) is 2.46. The number of rotatable bonds is 4. The van der Waals surface area contributed by atoms with Gasteiger partial charge in [-0.1, -0.05) is 29.8 Å². The van der Waals surface area contributed by atoms with E-state index in [1.54, 1.807) is 0 Å². The molecule has 0 radical (unpaired) electrons. The Hall–Kier alpha value is -1.32. The molecule has 1 unspecified atom stereocenters. The van der Waals surface area contributed by atoms with Gasteiger partial charge in [0.15, 0.2) is 0 Å². The van der Waals surface area contributed by atoms with Crippen LogP contribution in [0.15, 0.2) is 30.3 Å². The number of hydrogen-bond donors (Lipinski definition) is 1. The highest BCUT2D eigenvalue weighted by Gasteiger charge is 2.15. The minimum Gasteiger partial charge on any atom is -0.313 e. The van der Waals surface area contributed by atoms with Crippen molar-refractivity contribution in [3.8, 4) is 0 Å². The first-order chi connectivity index (χ1) is 8.61. The highest BCUT2D eigenvalue weighted by Crippen LogP contribution is 2.25. The van der Waals surface area contributed by atoms with Crippen LogP contribution in [0.25, 0.3) is 0 Å². The molecule has 96 valence electrons. The van der Waals surface area contributed by atoms with Gasteiger partial charge in [-0.3, -0.25) is 4.68 Å². The summed E-state index contributed by atoms with van der Waals surface area (Å²) in [5.41, 5.74) is 3.37. The molecule has 0 aliphatic heterocycles. The molecule has 4 heteroatoms. The number of hydrogen-bond acceptors (Lipinski definition) is 2. The topological polar surface area (TPSA) is 29.9 Å². The minimum atomic E-state index is 0.202. The van der Waals surface area contributed by atoms with Crippen LogP contribution in [0.4, 0.5) is 0 Å². The van der Waals surface area contributed by atoms with E-state index in [9.17, 15) is 0 Å². The summed E-state index contributed by atoms with van der Waals surface area (Å²) in [4.78, 5) is 0. The van der Waals surface area contributed by atoms with Crippen molar-refractivity contribution in [2.24, 2.45) is 7.05 Å². The molecule has 0 bridgehead atoms. The third-order valence-electron chi connectivity index (χ3n) is 3.14. The van der Waals surface area contributed by atoms with Gasteiger partial charge in [0, 0.05) is 30.2 Å². The molecule has 0 aliphatic rings. The summed E-state index contributed by atoms with van der Waals surface area (Å²) < 4.78 is 1.93. The Kier molecular flexibility index (Phi) is 4.04. The molecule has 1 aromatic heterocycles. The van der Waals surface area contributed by atoms with Gasteiger partial charge in [-0.05, 0) is 31.7 Å². The van der Waals surface area contributed by atoms with Crippen molar-refractivity contribution in [1.29, 1.82) is 0 Å². The monoisotopic (exact) mass is 263 g/mol. The van der Waals surface area contributed by atoms with E-state index in [0.29, 0.717) is 0 Å². The molecule has 0 saturated carbocycles. The zero-order valence-corrected chi connectivity index (χ0v) is 11.7. The Morgan fingerprint density at radius 3 is 2.67 bits per heavy atom. The summed E-state index contributed by atoms with van der Waals surface area (Å²) >= 11 is 6.25. The van der Waals surface area contributed by atoms with E-state index < -0.39 is 0 Å². The zero-order chi connectivity index (χ0) is 13.1. The van der Waals surface area contributed by atoms with E-state index in [1.165, 1.54) is 5.69 Å². The lowest BCUT2D eigenvalue weighted by atomic mass is 10.0. The molecule has 1 aromatic carbocycles. The average molecular weight is 264 g/mol. The maximum atomic E-state index is 6.25. The van der Waals surface area contributed by atoms with Crippen LogP contribution in [0.1, 0.15) is 23.0 Å². The number of nitrogens with one attached hydrogen (secondary N) is 1.